The van der Waals surface area contributed by atoms with Crippen molar-refractivity contribution in [2.45, 2.75) is 6.61 Å². The van der Waals surface area contributed by atoms with E-state index >= 15 is 0 Å². The molecule has 0 amide bonds. The first kappa shape index (κ1) is 18.1. The lowest BCUT2D eigenvalue weighted by atomic mass is 10.2. The highest BCUT2D eigenvalue weighted by Crippen LogP contribution is 2.29. The third kappa shape index (κ3) is 5.40. The van der Waals surface area contributed by atoms with Gasteiger partial charge in [0.15, 0.2) is 0 Å². The number of rotatable bonds is 6. The molecule has 25 heavy (non-hydrogen) atoms. The molecule has 3 aromatic rings. The smallest absolute Gasteiger partial charge is 0.146 e. The van der Waals surface area contributed by atoms with E-state index in [1.807, 2.05) is 30.3 Å². The third-order valence-electron chi connectivity index (χ3n) is 3.33. The Hall–Kier alpha value is -1.68. The molecule has 0 saturated carbocycles. The van der Waals surface area contributed by atoms with Gasteiger partial charge >= 0.3 is 0 Å². The Morgan fingerprint density at radius 2 is 1.68 bits per heavy atom. The van der Waals surface area contributed by atoms with Crippen LogP contribution in [0, 0.1) is 7.14 Å². The molecule has 0 spiro atoms. The maximum absolute atomic E-state index is 6.00. The summed E-state index contributed by atoms with van der Waals surface area (Å²) in [5.74, 6) is 0.907. The molecule has 0 bridgehead atoms. The normalized spacial score (nSPS) is 10.8. The molecule has 0 saturated heterocycles. The highest BCUT2D eigenvalue weighted by atomic mass is 127. The van der Waals surface area contributed by atoms with E-state index in [1.54, 1.807) is 18.6 Å². The predicted molar refractivity (Wildman–Crippen MR) is 118 cm³/mol. The van der Waals surface area contributed by atoms with Crippen LogP contribution < -0.4 is 10.2 Å². The number of hydrogen-bond acceptors (Lipinski definition) is 4. The van der Waals surface area contributed by atoms with Crippen LogP contribution in [0.1, 0.15) is 11.1 Å². The Balaban J connectivity index is 1.67. The van der Waals surface area contributed by atoms with Crippen LogP contribution in [0.25, 0.3) is 0 Å². The molecule has 0 fully saturated rings. The average molecular weight is 555 g/mol. The maximum Gasteiger partial charge on any atom is 0.146 e. The summed E-state index contributed by atoms with van der Waals surface area (Å²) in [6, 6.07) is 18.0. The van der Waals surface area contributed by atoms with Gasteiger partial charge in [0.05, 0.1) is 19.0 Å². The number of pyridine rings is 1. The second-order valence-electron chi connectivity index (χ2n) is 5.19. The number of nitrogens with zero attached hydrogens (tertiary/aromatic N) is 2. The van der Waals surface area contributed by atoms with Crippen molar-refractivity contribution in [3.63, 3.8) is 0 Å². The van der Waals surface area contributed by atoms with E-state index in [9.17, 15) is 0 Å². The second-order valence-corrected chi connectivity index (χ2v) is 7.52. The number of benzene rings is 2. The van der Waals surface area contributed by atoms with Crippen molar-refractivity contribution in [2.24, 2.45) is 5.10 Å². The van der Waals surface area contributed by atoms with E-state index in [0.29, 0.717) is 6.61 Å². The molecule has 1 heterocycles. The number of hydrazone groups is 1. The maximum atomic E-state index is 6.00. The summed E-state index contributed by atoms with van der Waals surface area (Å²) >= 11 is 4.60. The fourth-order valence-corrected chi connectivity index (χ4v) is 4.26. The van der Waals surface area contributed by atoms with Crippen LogP contribution in [0.3, 0.4) is 0 Å². The van der Waals surface area contributed by atoms with Crippen molar-refractivity contribution in [3.05, 3.63) is 85.3 Å². The highest BCUT2D eigenvalue weighted by molar-refractivity contribution is 14.1. The Morgan fingerprint density at radius 1 is 1.00 bits per heavy atom. The highest BCUT2D eigenvalue weighted by Gasteiger charge is 2.08. The van der Waals surface area contributed by atoms with Gasteiger partial charge in [-0.2, -0.15) is 5.10 Å². The lowest BCUT2D eigenvalue weighted by molar-refractivity contribution is 0.302. The zero-order chi connectivity index (χ0) is 17.5. The first-order valence-corrected chi connectivity index (χ1v) is 9.73. The predicted octanol–water partition coefficient (Wildman–Crippen LogP) is 5.32. The first-order valence-electron chi connectivity index (χ1n) is 7.57. The zero-order valence-corrected chi connectivity index (χ0v) is 17.5. The topological polar surface area (TPSA) is 46.5 Å². The molecule has 0 radical (unpaired) electrons. The number of ether oxygens (including phenoxy) is 1. The van der Waals surface area contributed by atoms with Gasteiger partial charge in [-0.25, -0.2) is 0 Å². The lowest BCUT2D eigenvalue weighted by Gasteiger charge is -2.11. The van der Waals surface area contributed by atoms with Crippen LogP contribution in [0.2, 0.25) is 0 Å². The SMILES string of the molecule is Ic1cc(/C=N/Nc2ccncc2)cc(I)c1OCc1ccccc1. The van der Waals surface area contributed by atoms with Crippen LogP contribution in [-0.4, -0.2) is 11.2 Å². The van der Waals surface area contributed by atoms with Crippen molar-refractivity contribution >= 4 is 57.1 Å². The molecule has 0 aliphatic heterocycles. The molecule has 126 valence electrons. The molecule has 2 aromatic carbocycles. The summed E-state index contributed by atoms with van der Waals surface area (Å²) in [5, 5.41) is 4.27. The van der Waals surface area contributed by atoms with Gasteiger partial charge in [0, 0.05) is 12.4 Å². The van der Waals surface area contributed by atoms with Crippen LogP contribution in [0.5, 0.6) is 5.75 Å². The van der Waals surface area contributed by atoms with E-state index in [4.69, 9.17) is 4.74 Å². The molecule has 6 heteroatoms. The number of hydrogen-bond donors (Lipinski definition) is 1. The zero-order valence-electron chi connectivity index (χ0n) is 13.2. The van der Waals surface area contributed by atoms with Crippen molar-refractivity contribution in [1.82, 2.24) is 4.98 Å². The van der Waals surface area contributed by atoms with Gasteiger partial charge in [-0.3, -0.25) is 10.4 Å². The fraction of sp³-hybridized carbons (Fsp3) is 0.0526. The summed E-state index contributed by atoms with van der Waals surface area (Å²) in [4.78, 5) is 3.98. The molecule has 0 aliphatic carbocycles. The van der Waals surface area contributed by atoms with E-state index in [0.717, 1.165) is 29.7 Å². The minimum Gasteiger partial charge on any atom is -0.487 e. The summed E-state index contributed by atoms with van der Waals surface area (Å²) in [6.45, 7) is 0.559. The third-order valence-corrected chi connectivity index (χ3v) is 4.94. The minimum atomic E-state index is 0.559. The van der Waals surface area contributed by atoms with Crippen LogP contribution in [0.4, 0.5) is 5.69 Å². The lowest BCUT2D eigenvalue weighted by Crippen LogP contribution is -2.00. The molecular formula is C19H15I2N3O. The molecule has 0 atom stereocenters. The average Bonchev–Trinajstić information content (AvgIpc) is 2.63. The Labute approximate surface area is 174 Å². The van der Waals surface area contributed by atoms with Crippen molar-refractivity contribution in [1.29, 1.82) is 0 Å². The molecule has 3 rings (SSSR count). The number of anilines is 1. The quantitative estimate of drug-likeness (QED) is 0.255. The Morgan fingerprint density at radius 3 is 2.36 bits per heavy atom. The largest absolute Gasteiger partial charge is 0.487 e. The van der Waals surface area contributed by atoms with Crippen LogP contribution >= 0.6 is 45.2 Å². The molecule has 0 aliphatic rings. The molecule has 4 nitrogen and oxygen atoms in total. The molecule has 1 N–H and O–H groups in total. The van der Waals surface area contributed by atoms with Gasteiger partial charge in [-0.15, -0.1) is 0 Å². The van der Waals surface area contributed by atoms with Crippen LogP contribution in [-0.2, 0) is 6.61 Å². The fourth-order valence-electron chi connectivity index (χ4n) is 2.13. The van der Waals surface area contributed by atoms with E-state index < -0.39 is 0 Å². The standard InChI is InChI=1S/C19H15I2N3O/c20-17-10-15(12-23-24-16-6-8-22-9-7-16)11-18(21)19(17)25-13-14-4-2-1-3-5-14/h1-12H,13H2,(H,22,24)/b23-12+. The van der Waals surface area contributed by atoms with Gasteiger partial charge in [0.25, 0.3) is 0 Å². The Kier molecular flexibility index (Phi) is 6.62. The van der Waals surface area contributed by atoms with Gasteiger partial charge in [0.2, 0.25) is 0 Å². The van der Waals surface area contributed by atoms with Crippen molar-refractivity contribution in [3.8, 4) is 5.75 Å². The number of aromatic nitrogens is 1. The van der Waals surface area contributed by atoms with Crippen molar-refractivity contribution < 1.29 is 4.74 Å². The van der Waals surface area contributed by atoms with E-state index in [-0.39, 0.29) is 0 Å². The summed E-state index contributed by atoms with van der Waals surface area (Å²) in [5.41, 5.74) is 6.06. The number of nitrogens with one attached hydrogen (secondary N) is 1. The number of halogens is 2. The van der Waals surface area contributed by atoms with Gasteiger partial charge in [0.1, 0.15) is 12.4 Å². The summed E-state index contributed by atoms with van der Waals surface area (Å²) in [6.07, 6.45) is 5.25. The Bertz CT molecular complexity index is 832. The molecular weight excluding hydrogens is 540 g/mol. The summed E-state index contributed by atoms with van der Waals surface area (Å²) < 4.78 is 8.12. The summed E-state index contributed by atoms with van der Waals surface area (Å²) in [7, 11) is 0. The minimum absolute atomic E-state index is 0.559. The van der Waals surface area contributed by atoms with E-state index in [1.165, 1.54) is 0 Å². The molecule has 0 unspecified atom stereocenters. The first-order chi connectivity index (χ1) is 12.2. The monoisotopic (exact) mass is 555 g/mol. The van der Waals surface area contributed by atoms with Gasteiger partial charge in [-0.1, -0.05) is 30.3 Å². The van der Waals surface area contributed by atoms with Crippen molar-refractivity contribution in [2.75, 3.05) is 5.43 Å². The second kappa shape index (κ2) is 9.14. The van der Waals surface area contributed by atoms with Gasteiger partial charge < -0.3 is 4.74 Å². The molecule has 1 aromatic heterocycles. The van der Waals surface area contributed by atoms with Crippen LogP contribution in [0.15, 0.2) is 72.1 Å². The van der Waals surface area contributed by atoms with Gasteiger partial charge in [-0.05, 0) is 80.6 Å². The van der Waals surface area contributed by atoms with E-state index in [2.05, 4.69) is 85.0 Å².